The average molecular weight is 967 g/mol. The van der Waals surface area contributed by atoms with Gasteiger partial charge in [0.15, 0.2) is 0 Å². The summed E-state index contributed by atoms with van der Waals surface area (Å²) in [7, 11) is 0. The third kappa shape index (κ3) is 6.28. The number of para-hydroxylation sites is 4. The highest BCUT2D eigenvalue weighted by atomic mass is 15.2. The first kappa shape index (κ1) is 43.8. The van der Waals surface area contributed by atoms with Gasteiger partial charge in [0.1, 0.15) is 0 Å². The van der Waals surface area contributed by atoms with E-state index in [0.29, 0.717) is 0 Å². The number of nitrogens with zero attached hydrogens (tertiary/aromatic N) is 2. The molecule has 0 saturated carbocycles. The SMILES string of the molecule is c1ccc(-c2ccc(-c3ccccc3N(c3ccc4c(c3)C(c3ccccc3)(c3ccccc3)c3ccccc3-4)c3cccc4c3-c3ccccc3C43c4ccccc4N(c4ccccc4)c4ccccc43)cc2)cc1. The summed E-state index contributed by atoms with van der Waals surface area (Å²) in [5.74, 6) is 0. The highest BCUT2D eigenvalue weighted by Gasteiger charge is 2.53. The van der Waals surface area contributed by atoms with Crippen molar-refractivity contribution in [1.29, 1.82) is 0 Å². The molecule has 12 aromatic carbocycles. The van der Waals surface area contributed by atoms with Crippen molar-refractivity contribution in [1.82, 2.24) is 0 Å². The molecule has 0 bridgehead atoms. The van der Waals surface area contributed by atoms with E-state index in [2.05, 4.69) is 313 Å². The molecule has 1 spiro atoms. The van der Waals surface area contributed by atoms with Crippen molar-refractivity contribution in [3.8, 4) is 44.5 Å². The fourth-order valence-corrected chi connectivity index (χ4v) is 13.5. The summed E-state index contributed by atoms with van der Waals surface area (Å²) in [6, 6.07) is 113. The number of hydrogen-bond acceptors (Lipinski definition) is 2. The van der Waals surface area contributed by atoms with Crippen LogP contribution in [0.25, 0.3) is 44.5 Å². The molecule has 0 N–H and O–H groups in total. The largest absolute Gasteiger partial charge is 0.310 e. The molecule has 0 fully saturated rings. The van der Waals surface area contributed by atoms with Gasteiger partial charge in [-0.05, 0) is 126 Å². The lowest BCUT2D eigenvalue weighted by molar-refractivity contribution is 0.752. The summed E-state index contributed by atoms with van der Waals surface area (Å²) in [4.78, 5) is 5.04. The zero-order valence-corrected chi connectivity index (χ0v) is 41.8. The Kier molecular flexibility index (Phi) is 10.0. The lowest BCUT2D eigenvalue weighted by Gasteiger charge is -2.45. The Morgan fingerprint density at radius 3 is 1.36 bits per heavy atom. The summed E-state index contributed by atoms with van der Waals surface area (Å²) in [5, 5.41) is 0. The second-order valence-corrected chi connectivity index (χ2v) is 20.3. The van der Waals surface area contributed by atoms with E-state index in [0.717, 1.165) is 33.9 Å². The first-order valence-corrected chi connectivity index (χ1v) is 26.4. The molecule has 0 unspecified atom stereocenters. The molecular formula is C74H50N2. The molecule has 76 heavy (non-hydrogen) atoms. The van der Waals surface area contributed by atoms with Gasteiger partial charge in [0, 0.05) is 22.5 Å². The second-order valence-electron chi connectivity index (χ2n) is 20.3. The molecule has 15 rings (SSSR count). The Balaban J connectivity index is 1.02. The van der Waals surface area contributed by atoms with Gasteiger partial charge in [0.05, 0.1) is 33.6 Å². The molecule has 2 aliphatic carbocycles. The summed E-state index contributed by atoms with van der Waals surface area (Å²) >= 11 is 0. The maximum absolute atomic E-state index is 2.58. The Morgan fingerprint density at radius 2 is 0.711 bits per heavy atom. The molecule has 0 amide bonds. The van der Waals surface area contributed by atoms with Gasteiger partial charge in [0.25, 0.3) is 0 Å². The zero-order valence-electron chi connectivity index (χ0n) is 41.8. The topological polar surface area (TPSA) is 6.48 Å². The van der Waals surface area contributed by atoms with E-state index in [1.54, 1.807) is 0 Å². The maximum Gasteiger partial charge on any atom is 0.0755 e. The molecule has 12 aromatic rings. The van der Waals surface area contributed by atoms with Gasteiger partial charge in [-0.3, -0.25) is 0 Å². The van der Waals surface area contributed by atoms with Crippen molar-refractivity contribution in [2.75, 3.05) is 9.80 Å². The van der Waals surface area contributed by atoms with Crippen molar-refractivity contribution in [3.63, 3.8) is 0 Å². The van der Waals surface area contributed by atoms with Gasteiger partial charge in [-0.25, -0.2) is 0 Å². The molecule has 3 aliphatic rings. The van der Waals surface area contributed by atoms with Gasteiger partial charge in [-0.1, -0.05) is 255 Å². The first-order chi connectivity index (χ1) is 37.7. The minimum Gasteiger partial charge on any atom is -0.310 e. The third-order valence-electron chi connectivity index (χ3n) is 16.5. The Morgan fingerprint density at radius 1 is 0.263 bits per heavy atom. The van der Waals surface area contributed by atoms with E-state index >= 15 is 0 Å². The van der Waals surface area contributed by atoms with Crippen LogP contribution in [0, 0.1) is 0 Å². The number of anilines is 6. The highest BCUT2D eigenvalue weighted by Crippen LogP contribution is 2.66. The van der Waals surface area contributed by atoms with Crippen LogP contribution in [0.5, 0.6) is 0 Å². The van der Waals surface area contributed by atoms with Crippen LogP contribution in [0.3, 0.4) is 0 Å². The van der Waals surface area contributed by atoms with Crippen LogP contribution in [0.4, 0.5) is 34.1 Å². The molecule has 0 radical (unpaired) electrons. The van der Waals surface area contributed by atoms with Crippen molar-refractivity contribution in [2.45, 2.75) is 10.8 Å². The van der Waals surface area contributed by atoms with Crippen molar-refractivity contribution in [2.24, 2.45) is 0 Å². The number of rotatable bonds is 8. The minimum atomic E-state index is -0.631. The summed E-state index contributed by atoms with van der Waals surface area (Å²) in [6.07, 6.45) is 0. The van der Waals surface area contributed by atoms with E-state index in [1.165, 1.54) is 89.3 Å². The summed E-state index contributed by atoms with van der Waals surface area (Å²) < 4.78 is 0. The molecule has 1 aliphatic heterocycles. The van der Waals surface area contributed by atoms with E-state index < -0.39 is 10.8 Å². The van der Waals surface area contributed by atoms with Crippen LogP contribution in [0.1, 0.15) is 44.5 Å². The minimum absolute atomic E-state index is 0.585. The van der Waals surface area contributed by atoms with Crippen LogP contribution in [-0.2, 0) is 10.8 Å². The van der Waals surface area contributed by atoms with Gasteiger partial charge in [-0.15, -0.1) is 0 Å². The molecule has 1 heterocycles. The monoisotopic (exact) mass is 966 g/mol. The fraction of sp³-hybridized carbons (Fsp3) is 0.0270. The van der Waals surface area contributed by atoms with Crippen LogP contribution >= 0.6 is 0 Å². The fourth-order valence-electron chi connectivity index (χ4n) is 13.5. The number of benzene rings is 12. The molecule has 2 heteroatoms. The van der Waals surface area contributed by atoms with Gasteiger partial charge in [-0.2, -0.15) is 0 Å². The number of fused-ring (bicyclic) bond motifs is 12. The lowest BCUT2D eigenvalue weighted by atomic mass is 9.64. The Hall–Kier alpha value is -9.76. The van der Waals surface area contributed by atoms with Gasteiger partial charge in [0.2, 0.25) is 0 Å². The van der Waals surface area contributed by atoms with Crippen LogP contribution < -0.4 is 9.80 Å². The van der Waals surface area contributed by atoms with Gasteiger partial charge >= 0.3 is 0 Å². The lowest BCUT2D eigenvalue weighted by Crippen LogP contribution is -2.36. The van der Waals surface area contributed by atoms with Crippen molar-refractivity contribution < 1.29 is 0 Å². The molecule has 2 nitrogen and oxygen atoms in total. The van der Waals surface area contributed by atoms with Crippen molar-refractivity contribution >= 4 is 34.1 Å². The van der Waals surface area contributed by atoms with Gasteiger partial charge < -0.3 is 9.80 Å². The van der Waals surface area contributed by atoms with Crippen LogP contribution in [-0.4, -0.2) is 0 Å². The standard InChI is InChI=1S/C74H50N2/c1-5-24-51(25-6-1)52-44-46-53(47-45-52)58-32-15-20-40-68(58)76(57-48-49-60-59-33-13-16-35-62(59)73(67(60)50-57,54-26-7-2-8-27-54)55-28-9-3-10-29-55)71-43-23-39-66-72(71)61-34-14-17-36-63(61)74(66)64-37-18-21-41-69(64)75(56-30-11-4-12-31-56)70-42-22-19-38-65(70)74/h1-50H. The third-order valence-corrected chi connectivity index (χ3v) is 16.5. The van der Waals surface area contributed by atoms with Crippen molar-refractivity contribution in [3.05, 3.63) is 348 Å². The molecular weight excluding hydrogens is 917 g/mol. The summed E-state index contributed by atoms with van der Waals surface area (Å²) in [5.41, 5.74) is 25.4. The normalized spacial score (nSPS) is 13.7. The van der Waals surface area contributed by atoms with E-state index in [9.17, 15) is 0 Å². The highest BCUT2D eigenvalue weighted by molar-refractivity contribution is 6.03. The number of hydrogen-bond donors (Lipinski definition) is 0. The predicted molar refractivity (Wildman–Crippen MR) is 315 cm³/mol. The molecule has 356 valence electrons. The zero-order chi connectivity index (χ0) is 50.2. The average Bonchev–Trinajstić information content (AvgIpc) is 4.20. The van der Waals surface area contributed by atoms with Crippen LogP contribution in [0.2, 0.25) is 0 Å². The molecule has 0 aromatic heterocycles. The van der Waals surface area contributed by atoms with E-state index in [-0.39, 0.29) is 0 Å². The quantitative estimate of drug-likeness (QED) is 0.150. The Labute approximate surface area is 444 Å². The molecule has 0 saturated heterocycles. The van der Waals surface area contributed by atoms with Crippen LogP contribution in [0.15, 0.2) is 303 Å². The smallest absolute Gasteiger partial charge is 0.0755 e. The van der Waals surface area contributed by atoms with E-state index in [4.69, 9.17) is 0 Å². The van der Waals surface area contributed by atoms with E-state index in [1.807, 2.05) is 0 Å². The maximum atomic E-state index is 2.58. The Bertz CT molecular complexity index is 4080. The first-order valence-electron chi connectivity index (χ1n) is 26.4. The summed E-state index contributed by atoms with van der Waals surface area (Å²) in [6.45, 7) is 0. The molecule has 0 atom stereocenters. The second kappa shape index (κ2) is 17.4. The predicted octanol–water partition coefficient (Wildman–Crippen LogP) is 19.0.